The maximum atomic E-state index is 13.0. The number of hydrogen-bond acceptors (Lipinski definition) is 3. The van der Waals surface area contributed by atoms with Gasteiger partial charge in [0, 0.05) is 25.1 Å². The topological polar surface area (TPSA) is 83.7 Å². The molecule has 1 atom stereocenters. The number of fused-ring (bicyclic) bond motifs is 1. The highest BCUT2D eigenvalue weighted by Gasteiger charge is 2.17. The molecule has 0 saturated heterocycles. The third kappa shape index (κ3) is 5.47. The molecule has 0 radical (unpaired) electrons. The van der Waals surface area contributed by atoms with E-state index in [1.807, 2.05) is 6.07 Å². The molecule has 0 aliphatic carbocycles. The van der Waals surface area contributed by atoms with E-state index in [4.69, 9.17) is 5.11 Å². The minimum Gasteiger partial charge on any atom is -0.481 e. The van der Waals surface area contributed by atoms with E-state index in [2.05, 4.69) is 55.3 Å². The van der Waals surface area contributed by atoms with E-state index in [0.717, 1.165) is 6.42 Å². The van der Waals surface area contributed by atoms with Crippen LogP contribution in [0.5, 0.6) is 0 Å². The summed E-state index contributed by atoms with van der Waals surface area (Å²) in [6, 6.07) is 13.9. The Labute approximate surface area is 177 Å². The van der Waals surface area contributed by atoms with E-state index < -0.39 is 5.97 Å². The van der Waals surface area contributed by atoms with Crippen LogP contribution in [0.4, 0.5) is 0 Å². The van der Waals surface area contributed by atoms with Crippen molar-refractivity contribution in [2.75, 3.05) is 6.54 Å². The van der Waals surface area contributed by atoms with Gasteiger partial charge in [-0.05, 0) is 37.0 Å². The molecule has 158 valence electrons. The van der Waals surface area contributed by atoms with E-state index in [9.17, 15) is 9.59 Å². The highest BCUT2D eigenvalue weighted by Crippen LogP contribution is 2.24. The lowest BCUT2D eigenvalue weighted by molar-refractivity contribution is -0.136. The number of rotatable bonds is 9. The summed E-state index contributed by atoms with van der Waals surface area (Å²) >= 11 is 0. The monoisotopic (exact) mass is 407 g/mol. The molecule has 1 unspecified atom stereocenters. The number of aliphatic carboxylic acids is 1. The van der Waals surface area contributed by atoms with Gasteiger partial charge in [0.2, 0.25) is 0 Å². The number of carboxylic acids is 1. The molecule has 30 heavy (non-hydrogen) atoms. The number of hydrogen-bond donors (Lipinski definition) is 2. The lowest BCUT2D eigenvalue weighted by atomic mass is 9.90. The Bertz CT molecular complexity index is 1020. The fraction of sp³-hybridized carbons (Fsp3) is 0.375. The standard InChI is InChI=1S/C24H29N3O3/c1-16(2)13-19(18-9-7-17(3)8-10-18)14-25-24(30)21-5-4-6-22-26-20(15-27(21)22)11-12-23(28)29/h4-10,15-16,19H,11-14H2,1-3H3,(H,25,30)(H,28,29). The highest BCUT2D eigenvalue weighted by atomic mass is 16.4. The number of amides is 1. The van der Waals surface area contributed by atoms with E-state index in [1.54, 1.807) is 22.7 Å². The van der Waals surface area contributed by atoms with Crippen LogP contribution in [0.3, 0.4) is 0 Å². The molecular weight excluding hydrogens is 378 g/mol. The lowest BCUT2D eigenvalue weighted by Gasteiger charge is -2.20. The van der Waals surface area contributed by atoms with Gasteiger partial charge in [0.25, 0.3) is 5.91 Å². The second-order valence-corrected chi connectivity index (χ2v) is 8.21. The number of nitrogens with zero attached hydrogens (tertiary/aromatic N) is 2. The zero-order valence-corrected chi connectivity index (χ0v) is 17.8. The summed E-state index contributed by atoms with van der Waals surface area (Å²) in [6.45, 7) is 7.00. The first-order chi connectivity index (χ1) is 14.3. The summed E-state index contributed by atoms with van der Waals surface area (Å²) in [5.41, 5.74) is 4.24. The van der Waals surface area contributed by atoms with Crippen molar-refractivity contribution in [2.45, 2.75) is 46.0 Å². The fourth-order valence-corrected chi connectivity index (χ4v) is 3.65. The molecule has 3 rings (SSSR count). The number of nitrogens with one attached hydrogen (secondary N) is 1. The van der Waals surface area contributed by atoms with Gasteiger partial charge in [-0.3, -0.25) is 14.0 Å². The normalized spacial score (nSPS) is 12.3. The summed E-state index contributed by atoms with van der Waals surface area (Å²) in [5.74, 6) is -0.272. The molecule has 2 N–H and O–H groups in total. The molecule has 1 amide bonds. The Kier molecular flexibility index (Phi) is 6.87. The summed E-state index contributed by atoms with van der Waals surface area (Å²) < 4.78 is 1.73. The quantitative estimate of drug-likeness (QED) is 0.556. The fourth-order valence-electron chi connectivity index (χ4n) is 3.65. The summed E-state index contributed by atoms with van der Waals surface area (Å²) in [4.78, 5) is 28.2. The van der Waals surface area contributed by atoms with Gasteiger partial charge in [-0.2, -0.15) is 0 Å². The van der Waals surface area contributed by atoms with Gasteiger partial charge in [-0.15, -0.1) is 0 Å². The first kappa shape index (κ1) is 21.6. The first-order valence-electron chi connectivity index (χ1n) is 10.4. The van der Waals surface area contributed by atoms with Crippen molar-refractivity contribution >= 4 is 17.5 Å². The minimum absolute atomic E-state index is 0.0127. The molecule has 0 spiro atoms. The smallest absolute Gasteiger partial charge is 0.303 e. The average molecular weight is 408 g/mol. The van der Waals surface area contributed by atoms with Crippen molar-refractivity contribution in [1.29, 1.82) is 0 Å². The molecule has 0 bridgehead atoms. The Hall–Kier alpha value is -3.15. The van der Waals surface area contributed by atoms with E-state index >= 15 is 0 Å². The number of carboxylic acid groups (broad SMARTS) is 1. The van der Waals surface area contributed by atoms with Crippen LogP contribution in [0, 0.1) is 12.8 Å². The van der Waals surface area contributed by atoms with Crippen LogP contribution >= 0.6 is 0 Å². The number of carbonyl (C=O) groups is 2. The number of aryl methyl sites for hydroxylation is 2. The molecule has 6 nitrogen and oxygen atoms in total. The van der Waals surface area contributed by atoms with Gasteiger partial charge in [-0.1, -0.05) is 49.7 Å². The van der Waals surface area contributed by atoms with E-state index in [1.165, 1.54) is 11.1 Å². The number of benzene rings is 1. The Morgan fingerprint density at radius 2 is 1.87 bits per heavy atom. The number of carbonyl (C=O) groups excluding carboxylic acids is 1. The molecule has 0 fully saturated rings. The molecule has 2 aromatic heterocycles. The van der Waals surface area contributed by atoms with Gasteiger partial charge in [0.15, 0.2) is 0 Å². The van der Waals surface area contributed by atoms with Crippen molar-refractivity contribution in [3.05, 3.63) is 71.2 Å². The van der Waals surface area contributed by atoms with Crippen LogP contribution in [-0.4, -0.2) is 32.9 Å². The van der Waals surface area contributed by atoms with Gasteiger partial charge in [-0.25, -0.2) is 4.98 Å². The highest BCUT2D eigenvalue weighted by molar-refractivity contribution is 5.93. The van der Waals surface area contributed by atoms with Gasteiger partial charge in [0.05, 0.1) is 12.1 Å². The van der Waals surface area contributed by atoms with Gasteiger partial charge >= 0.3 is 5.97 Å². The van der Waals surface area contributed by atoms with Crippen molar-refractivity contribution in [2.24, 2.45) is 5.92 Å². The van der Waals surface area contributed by atoms with Crippen molar-refractivity contribution in [3.8, 4) is 0 Å². The van der Waals surface area contributed by atoms with E-state index in [0.29, 0.717) is 35.9 Å². The molecular formula is C24H29N3O3. The maximum absolute atomic E-state index is 13.0. The van der Waals surface area contributed by atoms with Crippen LogP contribution in [0.25, 0.3) is 5.65 Å². The van der Waals surface area contributed by atoms with Crippen molar-refractivity contribution in [1.82, 2.24) is 14.7 Å². The molecule has 0 aliphatic rings. The van der Waals surface area contributed by atoms with Crippen LogP contribution in [0.2, 0.25) is 0 Å². The Morgan fingerprint density at radius 1 is 1.13 bits per heavy atom. The van der Waals surface area contributed by atoms with Gasteiger partial charge < -0.3 is 10.4 Å². The van der Waals surface area contributed by atoms with Gasteiger partial charge in [0.1, 0.15) is 11.3 Å². The SMILES string of the molecule is Cc1ccc(C(CNC(=O)c2cccc3nc(CCC(=O)O)cn23)CC(C)C)cc1. The predicted molar refractivity (Wildman–Crippen MR) is 117 cm³/mol. The number of pyridine rings is 1. The Morgan fingerprint density at radius 3 is 2.53 bits per heavy atom. The lowest BCUT2D eigenvalue weighted by Crippen LogP contribution is -2.30. The predicted octanol–water partition coefficient (Wildman–Crippen LogP) is 4.22. The average Bonchev–Trinajstić information content (AvgIpc) is 3.13. The van der Waals surface area contributed by atoms with Crippen molar-refractivity contribution < 1.29 is 14.7 Å². The number of aromatic nitrogens is 2. The number of imidazole rings is 1. The summed E-state index contributed by atoms with van der Waals surface area (Å²) in [7, 11) is 0. The zero-order chi connectivity index (χ0) is 21.7. The Balaban J connectivity index is 1.76. The van der Waals surface area contributed by atoms with Crippen molar-refractivity contribution in [3.63, 3.8) is 0 Å². The molecule has 3 aromatic rings. The second kappa shape index (κ2) is 9.57. The second-order valence-electron chi connectivity index (χ2n) is 8.21. The molecule has 6 heteroatoms. The molecule has 0 saturated carbocycles. The summed E-state index contributed by atoms with van der Waals surface area (Å²) in [5, 5.41) is 12.0. The largest absolute Gasteiger partial charge is 0.481 e. The third-order valence-corrected chi connectivity index (χ3v) is 5.18. The van der Waals surface area contributed by atoms with Crippen LogP contribution in [0.1, 0.15) is 59.9 Å². The van der Waals surface area contributed by atoms with E-state index in [-0.39, 0.29) is 18.2 Å². The van der Waals surface area contributed by atoms with Crippen LogP contribution < -0.4 is 5.32 Å². The molecule has 1 aromatic carbocycles. The molecule has 2 heterocycles. The zero-order valence-electron chi connectivity index (χ0n) is 17.8. The van der Waals surface area contributed by atoms with Crippen LogP contribution in [-0.2, 0) is 11.2 Å². The molecule has 0 aliphatic heterocycles. The summed E-state index contributed by atoms with van der Waals surface area (Å²) in [6.07, 6.45) is 3.08. The first-order valence-corrected chi connectivity index (χ1v) is 10.4. The maximum Gasteiger partial charge on any atom is 0.303 e. The minimum atomic E-state index is -0.864. The third-order valence-electron chi connectivity index (χ3n) is 5.18. The van der Waals surface area contributed by atoms with Crippen LogP contribution in [0.15, 0.2) is 48.7 Å².